The summed E-state index contributed by atoms with van der Waals surface area (Å²) in [5, 5.41) is 2.87. The molecule has 1 aliphatic carbocycles. The van der Waals surface area contributed by atoms with Crippen LogP contribution in [0, 0.1) is 16.7 Å². The second kappa shape index (κ2) is 5.15. The third kappa shape index (κ3) is 3.29. The summed E-state index contributed by atoms with van der Waals surface area (Å²) in [5.41, 5.74) is 1.24. The highest BCUT2D eigenvalue weighted by Gasteiger charge is 2.19. The van der Waals surface area contributed by atoms with E-state index < -0.39 is 0 Å². The first-order valence-electron chi connectivity index (χ1n) is 5.20. The number of nitroso groups, excluding NO2 is 1. The van der Waals surface area contributed by atoms with Gasteiger partial charge in [0.1, 0.15) is 0 Å². The van der Waals surface area contributed by atoms with Crippen LogP contribution in [0.15, 0.2) is 17.3 Å². The molecule has 1 aliphatic rings. The van der Waals surface area contributed by atoms with Crippen molar-refractivity contribution in [3.63, 3.8) is 0 Å². The molecule has 0 unspecified atom stereocenters. The zero-order chi connectivity index (χ0) is 9.68. The summed E-state index contributed by atoms with van der Waals surface area (Å²) in [4.78, 5) is 9.95. The van der Waals surface area contributed by atoms with Crippen molar-refractivity contribution in [1.29, 1.82) is 0 Å². The molecule has 0 aliphatic heterocycles. The smallest absolute Gasteiger partial charge is 0.0848 e. The molecule has 0 aromatic rings. The van der Waals surface area contributed by atoms with Crippen molar-refractivity contribution >= 4 is 0 Å². The Kier molecular flexibility index (Phi) is 4.13. The Hall–Kier alpha value is -0.660. The number of hydrogen-bond acceptors (Lipinski definition) is 2. The molecule has 1 rings (SSSR count). The summed E-state index contributed by atoms with van der Waals surface area (Å²) in [5.74, 6) is 1.55. The van der Waals surface area contributed by atoms with E-state index in [1.54, 1.807) is 0 Å². The second-order valence-corrected chi connectivity index (χ2v) is 4.22. The average Bonchev–Trinajstić information content (AvgIpc) is 2.15. The maximum atomic E-state index is 9.95. The molecule has 74 valence electrons. The van der Waals surface area contributed by atoms with E-state index in [0.29, 0.717) is 12.5 Å². The van der Waals surface area contributed by atoms with Gasteiger partial charge in [0.25, 0.3) is 0 Å². The second-order valence-electron chi connectivity index (χ2n) is 4.22. The first kappa shape index (κ1) is 10.4. The van der Waals surface area contributed by atoms with E-state index in [4.69, 9.17) is 0 Å². The highest BCUT2D eigenvalue weighted by molar-refractivity contribution is 5.02. The summed E-state index contributed by atoms with van der Waals surface area (Å²) in [6.45, 7) is 6.76. The minimum absolute atomic E-state index is 0.408. The molecular weight excluding hydrogens is 162 g/mol. The third-order valence-corrected chi connectivity index (χ3v) is 3.12. The molecule has 0 bridgehead atoms. The fourth-order valence-corrected chi connectivity index (χ4v) is 2.06. The quantitative estimate of drug-likeness (QED) is 0.482. The van der Waals surface area contributed by atoms with Crippen LogP contribution in [0.2, 0.25) is 0 Å². The van der Waals surface area contributed by atoms with E-state index in [-0.39, 0.29) is 0 Å². The standard InChI is InChI=1S/C11H19NO/c1-9-3-5-11(6-4-9)10(2)7-8-12-13/h9,11H,2-8H2,1H3. The summed E-state index contributed by atoms with van der Waals surface area (Å²) in [6.07, 6.45) is 5.96. The molecule has 1 saturated carbocycles. The molecular formula is C11H19NO. The zero-order valence-electron chi connectivity index (χ0n) is 8.46. The molecule has 2 heteroatoms. The van der Waals surface area contributed by atoms with Crippen molar-refractivity contribution in [1.82, 2.24) is 0 Å². The average molecular weight is 181 g/mol. The molecule has 0 N–H and O–H groups in total. The first-order chi connectivity index (χ1) is 6.24. The Morgan fingerprint density at radius 2 is 2.00 bits per heavy atom. The van der Waals surface area contributed by atoms with Crippen LogP contribution < -0.4 is 0 Å². The van der Waals surface area contributed by atoms with Gasteiger partial charge in [0, 0.05) is 0 Å². The summed E-state index contributed by atoms with van der Waals surface area (Å²) < 4.78 is 0. The molecule has 0 amide bonds. The van der Waals surface area contributed by atoms with Gasteiger partial charge in [0.2, 0.25) is 0 Å². The fourth-order valence-electron chi connectivity index (χ4n) is 2.06. The minimum atomic E-state index is 0.408. The highest BCUT2D eigenvalue weighted by atomic mass is 16.3. The van der Waals surface area contributed by atoms with Crippen molar-refractivity contribution in [2.45, 2.75) is 39.0 Å². The van der Waals surface area contributed by atoms with Crippen LogP contribution in [0.25, 0.3) is 0 Å². The van der Waals surface area contributed by atoms with Crippen LogP contribution in [0.5, 0.6) is 0 Å². The lowest BCUT2D eigenvalue weighted by Gasteiger charge is -2.27. The monoisotopic (exact) mass is 181 g/mol. The number of hydrogen-bond donors (Lipinski definition) is 0. The van der Waals surface area contributed by atoms with Gasteiger partial charge < -0.3 is 0 Å². The topological polar surface area (TPSA) is 29.4 Å². The maximum Gasteiger partial charge on any atom is 0.0848 e. The Morgan fingerprint density at radius 3 is 2.54 bits per heavy atom. The molecule has 0 atom stereocenters. The van der Waals surface area contributed by atoms with E-state index in [1.807, 2.05) is 0 Å². The van der Waals surface area contributed by atoms with E-state index >= 15 is 0 Å². The largest absolute Gasteiger partial charge is 0.151 e. The zero-order valence-corrected chi connectivity index (χ0v) is 8.46. The summed E-state index contributed by atoms with van der Waals surface area (Å²) in [6, 6.07) is 0. The predicted octanol–water partition coefficient (Wildman–Crippen LogP) is 3.53. The Bertz CT molecular complexity index is 181. The molecule has 0 aromatic heterocycles. The number of rotatable bonds is 4. The van der Waals surface area contributed by atoms with Gasteiger partial charge in [-0.3, -0.25) is 0 Å². The first-order valence-corrected chi connectivity index (χ1v) is 5.20. The SMILES string of the molecule is C=C(CCN=O)C1CCC(C)CC1. The Balaban J connectivity index is 2.27. The van der Waals surface area contributed by atoms with Crippen LogP contribution in [0.3, 0.4) is 0 Å². The Labute approximate surface area is 80.4 Å². The summed E-state index contributed by atoms with van der Waals surface area (Å²) >= 11 is 0. The van der Waals surface area contributed by atoms with Crippen LogP contribution in [-0.4, -0.2) is 6.54 Å². The van der Waals surface area contributed by atoms with Gasteiger partial charge in [-0.1, -0.05) is 37.1 Å². The van der Waals surface area contributed by atoms with Gasteiger partial charge in [0.05, 0.1) is 6.54 Å². The third-order valence-electron chi connectivity index (χ3n) is 3.12. The lowest BCUT2D eigenvalue weighted by molar-refractivity contribution is 0.316. The molecule has 0 aromatic carbocycles. The number of nitrogens with zero attached hydrogens (tertiary/aromatic N) is 1. The van der Waals surface area contributed by atoms with Gasteiger partial charge in [-0.25, -0.2) is 0 Å². The van der Waals surface area contributed by atoms with Crippen LogP contribution in [0.4, 0.5) is 0 Å². The van der Waals surface area contributed by atoms with Gasteiger partial charge >= 0.3 is 0 Å². The van der Waals surface area contributed by atoms with Crippen molar-refractivity contribution in [3.05, 3.63) is 17.1 Å². The lowest BCUT2D eigenvalue weighted by Crippen LogP contribution is -2.14. The van der Waals surface area contributed by atoms with Crippen LogP contribution in [0.1, 0.15) is 39.0 Å². The van der Waals surface area contributed by atoms with E-state index in [0.717, 1.165) is 12.3 Å². The molecule has 0 radical (unpaired) electrons. The van der Waals surface area contributed by atoms with Gasteiger partial charge in [-0.05, 0) is 31.1 Å². The van der Waals surface area contributed by atoms with Crippen molar-refractivity contribution < 1.29 is 0 Å². The highest BCUT2D eigenvalue weighted by Crippen LogP contribution is 2.33. The fraction of sp³-hybridized carbons (Fsp3) is 0.818. The van der Waals surface area contributed by atoms with E-state index in [9.17, 15) is 4.91 Å². The Morgan fingerprint density at radius 1 is 1.38 bits per heavy atom. The predicted molar refractivity (Wildman–Crippen MR) is 55.5 cm³/mol. The molecule has 0 heterocycles. The molecule has 0 saturated heterocycles. The van der Waals surface area contributed by atoms with E-state index in [1.165, 1.54) is 31.3 Å². The van der Waals surface area contributed by atoms with E-state index in [2.05, 4.69) is 18.7 Å². The summed E-state index contributed by atoms with van der Waals surface area (Å²) in [7, 11) is 0. The van der Waals surface area contributed by atoms with Gasteiger partial charge in [-0.2, -0.15) is 4.91 Å². The molecule has 0 spiro atoms. The normalized spacial score (nSPS) is 28.4. The lowest BCUT2D eigenvalue weighted by atomic mass is 9.79. The van der Waals surface area contributed by atoms with Crippen molar-refractivity contribution in [3.8, 4) is 0 Å². The van der Waals surface area contributed by atoms with Crippen molar-refractivity contribution in [2.75, 3.05) is 6.54 Å². The van der Waals surface area contributed by atoms with Gasteiger partial charge in [0.15, 0.2) is 0 Å². The van der Waals surface area contributed by atoms with Crippen LogP contribution in [-0.2, 0) is 0 Å². The van der Waals surface area contributed by atoms with Crippen LogP contribution >= 0.6 is 0 Å². The van der Waals surface area contributed by atoms with Gasteiger partial charge in [-0.15, -0.1) is 0 Å². The molecule has 13 heavy (non-hydrogen) atoms. The minimum Gasteiger partial charge on any atom is -0.151 e. The molecule has 2 nitrogen and oxygen atoms in total. The molecule has 1 fully saturated rings. The maximum absolute atomic E-state index is 9.95. The van der Waals surface area contributed by atoms with Crippen molar-refractivity contribution in [2.24, 2.45) is 17.0 Å².